The molecule has 0 aromatic heterocycles. The molecule has 2 N–H and O–H groups in total. The molecule has 0 fully saturated rings. The molecule has 2 aromatic rings. The maximum absolute atomic E-state index is 11.9. The van der Waals surface area contributed by atoms with Gasteiger partial charge in [0.05, 0.1) is 23.3 Å². The van der Waals surface area contributed by atoms with Gasteiger partial charge in [0, 0.05) is 4.90 Å². The van der Waals surface area contributed by atoms with Crippen molar-refractivity contribution >= 4 is 41.4 Å². The molecular formula is C17H16ClN3O2S. The fourth-order valence-electron chi connectivity index (χ4n) is 1.81. The van der Waals surface area contributed by atoms with E-state index in [0.29, 0.717) is 10.6 Å². The van der Waals surface area contributed by atoms with Crippen molar-refractivity contribution < 1.29 is 9.59 Å². The summed E-state index contributed by atoms with van der Waals surface area (Å²) in [6, 6.07) is 14.4. The summed E-state index contributed by atoms with van der Waals surface area (Å²) < 4.78 is 0. The third kappa shape index (κ3) is 5.40. The van der Waals surface area contributed by atoms with E-state index in [0.717, 1.165) is 10.5 Å². The largest absolute Gasteiger partial charge is 0.343 e. The second-order valence-electron chi connectivity index (χ2n) is 4.73. The minimum atomic E-state index is -0.424. The van der Waals surface area contributed by atoms with Gasteiger partial charge < -0.3 is 5.32 Å². The molecule has 2 rings (SSSR count). The van der Waals surface area contributed by atoms with Crippen molar-refractivity contribution in [2.24, 2.45) is 5.10 Å². The van der Waals surface area contributed by atoms with Gasteiger partial charge in [-0.25, -0.2) is 5.43 Å². The maximum Gasteiger partial charge on any atom is 0.259 e. The number of rotatable bonds is 6. The van der Waals surface area contributed by atoms with Crippen LogP contribution in [0.5, 0.6) is 0 Å². The quantitative estimate of drug-likeness (QED) is 0.472. The van der Waals surface area contributed by atoms with Crippen LogP contribution in [0.4, 0.5) is 0 Å². The molecule has 2 aromatic carbocycles. The number of hydrogen-bond acceptors (Lipinski definition) is 4. The fourth-order valence-corrected chi connectivity index (χ4v) is 2.44. The van der Waals surface area contributed by atoms with Gasteiger partial charge in [-0.15, -0.1) is 11.8 Å². The Morgan fingerprint density at radius 3 is 2.54 bits per heavy atom. The van der Waals surface area contributed by atoms with Crippen LogP contribution in [0, 0.1) is 0 Å². The highest BCUT2D eigenvalue weighted by atomic mass is 35.5. The zero-order chi connectivity index (χ0) is 17.4. The number of amides is 2. The Hall–Kier alpha value is -2.31. The van der Waals surface area contributed by atoms with Gasteiger partial charge in [0.25, 0.3) is 11.8 Å². The van der Waals surface area contributed by atoms with Crippen LogP contribution in [0.2, 0.25) is 5.02 Å². The van der Waals surface area contributed by atoms with E-state index < -0.39 is 11.8 Å². The number of hydrazone groups is 1. The molecule has 0 atom stereocenters. The first-order chi connectivity index (χ1) is 11.6. The standard InChI is InChI=1S/C17H16ClN3O2S/c1-24-13-8-6-12(7-9-13)10-20-21-16(22)11-19-17(23)14-4-2-3-5-15(14)18/h2-10H,11H2,1H3,(H,19,23)(H,21,22)/b20-10-. The number of nitrogens with zero attached hydrogens (tertiary/aromatic N) is 1. The Kier molecular flexibility index (Phi) is 6.84. The highest BCUT2D eigenvalue weighted by Crippen LogP contribution is 2.14. The maximum atomic E-state index is 11.9. The zero-order valence-corrected chi connectivity index (χ0v) is 14.5. The van der Waals surface area contributed by atoms with Crippen molar-refractivity contribution in [2.75, 3.05) is 12.8 Å². The molecule has 0 saturated carbocycles. The van der Waals surface area contributed by atoms with Gasteiger partial charge in [-0.3, -0.25) is 9.59 Å². The number of carbonyl (C=O) groups is 2. The minimum absolute atomic E-state index is 0.188. The van der Waals surface area contributed by atoms with Crippen molar-refractivity contribution in [2.45, 2.75) is 4.90 Å². The van der Waals surface area contributed by atoms with Crippen molar-refractivity contribution in [3.8, 4) is 0 Å². The predicted octanol–water partition coefficient (Wildman–Crippen LogP) is 2.94. The normalized spacial score (nSPS) is 10.6. The van der Waals surface area contributed by atoms with Gasteiger partial charge in [-0.05, 0) is 36.1 Å². The summed E-state index contributed by atoms with van der Waals surface area (Å²) in [5.74, 6) is -0.834. The monoisotopic (exact) mass is 361 g/mol. The van der Waals surface area contributed by atoms with Gasteiger partial charge in [-0.2, -0.15) is 5.10 Å². The number of hydrogen-bond donors (Lipinski definition) is 2. The highest BCUT2D eigenvalue weighted by molar-refractivity contribution is 7.98. The van der Waals surface area contributed by atoms with Crippen LogP contribution >= 0.6 is 23.4 Å². The zero-order valence-electron chi connectivity index (χ0n) is 13.0. The van der Waals surface area contributed by atoms with Crippen LogP contribution in [0.1, 0.15) is 15.9 Å². The van der Waals surface area contributed by atoms with E-state index in [9.17, 15) is 9.59 Å². The molecule has 0 heterocycles. The molecule has 0 aliphatic heterocycles. The number of benzene rings is 2. The Morgan fingerprint density at radius 1 is 1.17 bits per heavy atom. The number of halogens is 1. The van der Waals surface area contributed by atoms with E-state index in [1.54, 1.807) is 36.0 Å². The molecule has 124 valence electrons. The number of carbonyl (C=O) groups excluding carboxylic acids is 2. The van der Waals surface area contributed by atoms with E-state index in [1.165, 1.54) is 6.21 Å². The average Bonchev–Trinajstić information content (AvgIpc) is 2.60. The second kappa shape index (κ2) is 9.10. The van der Waals surface area contributed by atoms with Crippen molar-refractivity contribution in [3.63, 3.8) is 0 Å². The molecule has 24 heavy (non-hydrogen) atoms. The molecule has 0 bridgehead atoms. The molecule has 0 aliphatic rings. The summed E-state index contributed by atoms with van der Waals surface area (Å²) >= 11 is 7.57. The topological polar surface area (TPSA) is 70.6 Å². The summed E-state index contributed by atoms with van der Waals surface area (Å²) in [4.78, 5) is 24.7. The van der Waals surface area contributed by atoms with Crippen LogP contribution in [0.15, 0.2) is 58.5 Å². The summed E-state index contributed by atoms with van der Waals surface area (Å²) in [5.41, 5.74) is 3.55. The molecule has 2 amide bonds. The lowest BCUT2D eigenvalue weighted by Gasteiger charge is -2.05. The Balaban J connectivity index is 1.79. The molecule has 0 spiro atoms. The Morgan fingerprint density at radius 2 is 1.88 bits per heavy atom. The van der Waals surface area contributed by atoms with Gasteiger partial charge >= 0.3 is 0 Å². The van der Waals surface area contributed by atoms with E-state index in [2.05, 4.69) is 15.8 Å². The second-order valence-corrected chi connectivity index (χ2v) is 6.02. The average molecular weight is 362 g/mol. The Labute approximate surface area is 149 Å². The number of nitrogens with one attached hydrogen (secondary N) is 2. The molecule has 0 unspecified atom stereocenters. The third-order valence-corrected chi connectivity index (χ3v) is 4.12. The summed E-state index contributed by atoms with van der Waals surface area (Å²) in [6.07, 6.45) is 3.54. The SMILES string of the molecule is CSc1ccc(/C=N\NC(=O)CNC(=O)c2ccccc2Cl)cc1. The summed E-state index contributed by atoms with van der Waals surface area (Å²) in [5, 5.41) is 6.68. The molecule has 5 nitrogen and oxygen atoms in total. The fraction of sp³-hybridized carbons (Fsp3) is 0.118. The lowest BCUT2D eigenvalue weighted by atomic mass is 10.2. The van der Waals surface area contributed by atoms with Gasteiger partial charge in [0.15, 0.2) is 0 Å². The molecule has 7 heteroatoms. The molecule has 0 saturated heterocycles. The lowest BCUT2D eigenvalue weighted by Crippen LogP contribution is -2.35. The van der Waals surface area contributed by atoms with Gasteiger partial charge in [0.2, 0.25) is 0 Å². The third-order valence-electron chi connectivity index (χ3n) is 3.05. The summed E-state index contributed by atoms with van der Waals surface area (Å²) in [7, 11) is 0. The van der Waals surface area contributed by atoms with E-state index in [1.807, 2.05) is 30.5 Å². The molecule has 0 radical (unpaired) electrons. The van der Waals surface area contributed by atoms with Crippen LogP contribution in [0.3, 0.4) is 0 Å². The first-order valence-electron chi connectivity index (χ1n) is 7.09. The van der Waals surface area contributed by atoms with Crippen molar-refractivity contribution in [3.05, 3.63) is 64.7 Å². The van der Waals surface area contributed by atoms with Gasteiger partial charge in [0.1, 0.15) is 0 Å². The van der Waals surface area contributed by atoms with E-state index in [-0.39, 0.29) is 6.54 Å². The van der Waals surface area contributed by atoms with Crippen LogP contribution in [0.25, 0.3) is 0 Å². The first kappa shape index (κ1) is 18.0. The highest BCUT2D eigenvalue weighted by Gasteiger charge is 2.10. The predicted molar refractivity (Wildman–Crippen MR) is 97.7 cm³/mol. The van der Waals surface area contributed by atoms with Crippen molar-refractivity contribution in [1.82, 2.24) is 10.7 Å². The van der Waals surface area contributed by atoms with Gasteiger partial charge in [-0.1, -0.05) is 35.9 Å². The van der Waals surface area contributed by atoms with Crippen LogP contribution in [-0.4, -0.2) is 30.8 Å². The number of thioether (sulfide) groups is 1. The molecule has 0 aliphatic carbocycles. The lowest BCUT2D eigenvalue weighted by molar-refractivity contribution is -0.120. The smallest absolute Gasteiger partial charge is 0.259 e. The minimum Gasteiger partial charge on any atom is -0.343 e. The summed E-state index contributed by atoms with van der Waals surface area (Å²) in [6.45, 7) is -0.188. The van der Waals surface area contributed by atoms with Crippen LogP contribution in [-0.2, 0) is 4.79 Å². The van der Waals surface area contributed by atoms with E-state index >= 15 is 0 Å². The van der Waals surface area contributed by atoms with Crippen LogP contribution < -0.4 is 10.7 Å². The first-order valence-corrected chi connectivity index (χ1v) is 8.69. The molecular weight excluding hydrogens is 346 g/mol. The van der Waals surface area contributed by atoms with Crippen molar-refractivity contribution in [1.29, 1.82) is 0 Å². The Bertz CT molecular complexity index is 748. The van der Waals surface area contributed by atoms with E-state index in [4.69, 9.17) is 11.6 Å².